The minimum Gasteiger partial charge on any atom is -0.494 e. The number of carbonyl (C=O) groups is 2. The van der Waals surface area contributed by atoms with Gasteiger partial charge in [0.05, 0.1) is 24.4 Å². The van der Waals surface area contributed by atoms with E-state index in [0.717, 1.165) is 5.56 Å². The minimum atomic E-state index is -0.512. The third kappa shape index (κ3) is 2.38. The largest absolute Gasteiger partial charge is 0.494 e. The second-order valence-corrected chi connectivity index (χ2v) is 4.69. The number of ketones is 1. The second-order valence-electron chi connectivity index (χ2n) is 4.69. The molecule has 2 heterocycles. The Hall–Kier alpha value is -2.69. The van der Waals surface area contributed by atoms with Crippen LogP contribution in [-0.4, -0.2) is 23.3 Å². The Balaban J connectivity index is 1.95. The third-order valence-corrected chi connectivity index (χ3v) is 3.32. The van der Waals surface area contributed by atoms with Crippen LogP contribution in [0.5, 0.6) is 5.75 Å². The average Bonchev–Trinajstić information content (AvgIpc) is 2.74. The summed E-state index contributed by atoms with van der Waals surface area (Å²) in [6.07, 6.45) is 3.35. The number of carbonyl (C=O) groups excluding carboxylic acids is 2. The molecule has 0 atom stereocenters. The quantitative estimate of drug-likeness (QED) is 0.807. The molecule has 21 heavy (non-hydrogen) atoms. The highest BCUT2D eigenvalue weighted by atomic mass is 16.5. The molecule has 3 rings (SSSR count). The van der Waals surface area contributed by atoms with Crippen molar-refractivity contribution in [3.05, 3.63) is 53.9 Å². The van der Waals surface area contributed by atoms with E-state index in [1.165, 1.54) is 4.90 Å². The summed E-state index contributed by atoms with van der Waals surface area (Å²) in [6.45, 7) is 2.72. The van der Waals surface area contributed by atoms with Crippen molar-refractivity contribution in [1.29, 1.82) is 0 Å². The van der Waals surface area contributed by atoms with E-state index < -0.39 is 11.7 Å². The number of pyridine rings is 1. The van der Waals surface area contributed by atoms with Gasteiger partial charge in [-0.25, -0.2) is 0 Å². The summed E-state index contributed by atoms with van der Waals surface area (Å²) < 4.78 is 5.38. The molecule has 1 aliphatic rings. The van der Waals surface area contributed by atoms with E-state index in [2.05, 4.69) is 4.98 Å². The number of aromatic nitrogens is 1. The first-order chi connectivity index (χ1) is 10.2. The lowest BCUT2D eigenvalue weighted by Gasteiger charge is -2.16. The topological polar surface area (TPSA) is 59.5 Å². The molecule has 5 heteroatoms. The number of fused-ring (bicyclic) bond motifs is 1. The molecule has 0 spiro atoms. The molecule has 5 nitrogen and oxygen atoms in total. The van der Waals surface area contributed by atoms with E-state index in [4.69, 9.17) is 4.74 Å². The molecule has 0 saturated heterocycles. The average molecular weight is 282 g/mol. The Morgan fingerprint density at radius 1 is 1.24 bits per heavy atom. The van der Waals surface area contributed by atoms with Gasteiger partial charge in [0.2, 0.25) is 0 Å². The van der Waals surface area contributed by atoms with E-state index in [0.29, 0.717) is 30.2 Å². The first-order valence-corrected chi connectivity index (χ1v) is 6.72. The Kier molecular flexibility index (Phi) is 3.39. The van der Waals surface area contributed by atoms with Gasteiger partial charge in [0.1, 0.15) is 5.75 Å². The first-order valence-electron chi connectivity index (χ1n) is 6.72. The molecule has 0 saturated carbocycles. The van der Waals surface area contributed by atoms with Gasteiger partial charge in [-0.1, -0.05) is 6.07 Å². The lowest BCUT2D eigenvalue weighted by molar-refractivity contribution is -0.114. The molecule has 0 radical (unpaired) electrons. The zero-order valence-corrected chi connectivity index (χ0v) is 11.6. The van der Waals surface area contributed by atoms with E-state index in [1.54, 1.807) is 36.7 Å². The Bertz CT molecular complexity index is 698. The molecule has 0 fully saturated rings. The Labute approximate surface area is 122 Å². The van der Waals surface area contributed by atoms with Gasteiger partial charge in [-0.3, -0.25) is 14.6 Å². The van der Waals surface area contributed by atoms with Crippen molar-refractivity contribution in [2.24, 2.45) is 0 Å². The molecule has 106 valence electrons. The number of hydrogen-bond donors (Lipinski definition) is 0. The summed E-state index contributed by atoms with van der Waals surface area (Å²) in [7, 11) is 0. The van der Waals surface area contributed by atoms with Crippen LogP contribution in [-0.2, 0) is 11.3 Å². The smallest absolute Gasteiger partial charge is 0.299 e. The molecule has 0 unspecified atom stereocenters. The number of amides is 1. The molecule has 2 aromatic rings. The van der Waals surface area contributed by atoms with Gasteiger partial charge >= 0.3 is 0 Å². The standard InChI is InChI=1S/C16H14N2O3/c1-2-21-12-5-6-14-13(8-12)15(19)16(20)18(14)10-11-4-3-7-17-9-11/h3-9H,2,10H2,1H3. The van der Waals surface area contributed by atoms with Crippen LogP contribution < -0.4 is 9.64 Å². The lowest BCUT2D eigenvalue weighted by Crippen LogP contribution is -2.29. The fourth-order valence-electron chi connectivity index (χ4n) is 2.37. The van der Waals surface area contributed by atoms with Gasteiger partial charge < -0.3 is 9.64 Å². The van der Waals surface area contributed by atoms with Crippen molar-refractivity contribution in [2.45, 2.75) is 13.5 Å². The number of nitrogens with zero attached hydrogens (tertiary/aromatic N) is 2. The molecule has 1 amide bonds. The maximum absolute atomic E-state index is 12.2. The highest BCUT2D eigenvalue weighted by molar-refractivity contribution is 6.52. The number of hydrogen-bond acceptors (Lipinski definition) is 4. The van der Waals surface area contributed by atoms with Crippen LogP contribution >= 0.6 is 0 Å². The maximum Gasteiger partial charge on any atom is 0.299 e. The summed E-state index contributed by atoms with van der Waals surface area (Å²) >= 11 is 0. The fraction of sp³-hybridized carbons (Fsp3) is 0.188. The van der Waals surface area contributed by atoms with Crippen molar-refractivity contribution in [1.82, 2.24) is 4.98 Å². The van der Waals surface area contributed by atoms with Crippen molar-refractivity contribution in [3.8, 4) is 5.75 Å². The lowest BCUT2D eigenvalue weighted by atomic mass is 10.1. The molecule has 1 aromatic carbocycles. The van der Waals surface area contributed by atoms with Crippen molar-refractivity contribution in [3.63, 3.8) is 0 Å². The number of anilines is 1. The van der Waals surface area contributed by atoms with Crippen LogP contribution in [0.25, 0.3) is 0 Å². The first kappa shape index (κ1) is 13.3. The van der Waals surface area contributed by atoms with Crippen LogP contribution in [0, 0.1) is 0 Å². The van der Waals surface area contributed by atoms with Crippen LogP contribution in [0.3, 0.4) is 0 Å². The van der Waals surface area contributed by atoms with Gasteiger partial charge in [-0.05, 0) is 36.8 Å². The molecular formula is C16H14N2O3. The van der Waals surface area contributed by atoms with E-state index in [9.17, 15) is 9.59 Å². The highest BCUT2D eigenvalue weighted by Gasteiger charge is 2.36. The summed E-state index contributed by atoms with van der Waals surface area (Å²) in [6, 6.07) is 8.82. The molecule has 0 N–H and O–H groups in total. The Morgan fingerprint density at radius 2 is 2.10 bits per heavy atom. The summed E-state index contributed by atoms with van der Waals surface area (Å²) in [5, 5.41) is 0. The van der Waals surface area contributed by atoms with Gasteiger partial charge in [0.15, 0.2) is 0 Å². The Morgan fingerprint density at radius 3 is 2.81 bits per heavy atom. The van der Waals surface area contributed by atoms with E-state index >= 15 is 0 Å². The molecule has 0 bridgehead atoms. The van der Waals surface area contributed by atoms with E-state index in [-0.39, 0.29) is 0 Å². The maximum atomic E-state index is 12.2. The minimum absolute atomic E-state index is 0.333. The van der Waals surface area contributed by atoms with Gasteiger partial charge in [-0.2, -0.15) is 0 Å². The van der Waals surface area contributed by atoms with Crippen molar-refractivity contribution >= 4 is 17.4 Å². The van der Waals surface area contributed by atoms with Gasteiger partial charge in [0.25, 0.3) is 11.7 Å². The van der Waals surface area contributed by atoms with Crippen molar-refractivity contribution < 1.29 is 14.3 Å². The predicted molar refractivity (Wildman–Crippen MR) is 77.4 cm³/mol. The van der Waals surface area contributed by atoms with Gasteiger partial charge in [0, 0.05) is 12.4 Å². The highest BCUT2D eigenvalue weighted by Crippen LogP contribution is 2.33. The number of ether oxygens (including phenoxy) is 1. The zero-order valence-electron chi connectivity index (χ0n) is 11.6. The number of benzene rings is 1. The van der Waals surface area contributed by atoms with Crippen LogP contribution in [0.2, 0.25) is 0 Å². The predicted octanol–water partition coefficient (Wildman–Crippen LogP) is 2.21. The van der Waals surface area contributed by atoms with Gasteiger partial charge in [-0.15, -0.1) is 0 Å². The van der Waals surface area contributed by atoms with E-state index in [1.807, 2.05) is 13.0 Å². The third-order valence-electron chi connectivity index (χ3n) is 3.32. The SMILES string of the molecule is CCOc1ccc2c(c1)C(=O)C(=O)N2Cc1cccnc1. The zero-order chi connectivity index (χ0) is 14.8. The normalized spacial score (nSPS) is 13.5. The van der Waals surface area contributed by atoms with Crippen molar-refractivity contribution in [2.75, 3.05) is 11.5 Å². The monoisotopic (exact) mass is 282 g/mol. The molecule has 0 aliphatic carbocycles. The summed E-state index contributed by atoms with van der Waals surface area (Å²) in [5.41, 5.74) is 1.90. The fourth-order valence-corrected chi connectivity index (χ4v) is 2.37. The summed E-state index contributed by atoms with van der Waals surface area (Å²) in [4.78, 5) is 29.7. The number of Topliss-reactive ketones (excluding diaryl/α,β-unsaturated/α-hetero) is 1. The molecular weight excluding hydrogens is 268 g/mol. The van der Waals surface area contributed by atoms with Crippen LogP contribution in [0.1, 0.15) is 22.8 Å². The van der Waals surface area contributed by atoms with Crippen LogP contribution in [0.15, 0.2) is 42.7 Å². The molecule has 1 aliphatic heterocycles. The second kappa shape index (κ2) is 5.36. The van der Waals surface area contributed by atoms with Crippen LogP contribution in [0.4, 0.5) is 5.69 Å². The number of rotatable bonds is 4. The molecule has 1 aromatic heterocycles. The summed E-state index contributed by atoms with van der Waals surface area (Å²) in [5.74, 6) is -0.404.